The fourth-order valence-corrected chi connectivity index (χ4v) is 1.77. The Hall–Kier alpha value is -2.35. The van der Waals surface area contributed by atoms with Crippen molar-refractivity contribution in [2.45, 2.75) is 38.5 Å². The van der Waals surface area contributed by atoms with Gasteiger partial charge in [-0.2, -0.15) is 0 Å². The highest BCUT2D eigenvalue weighted by atomic mass is 16.6. The van der Waals surface area contributed by atoms with E-state index in [1.165, 1.54) is 14.2 Å². The zero-order chi connectivity index (χ0) is 17.6. The van der Waals surface area contributed by atoms with Crippen LogP contribution in [0.25, 0.3) is 0 Å². The minimum Gasteiger partial charge on any atom is -0.481 e. The average Bonchev–Trinajstić information content (AvgIpc) is 2.49. The maximum absolute atomic E-state index is 12.0. The number of hydrogen-bond donors (Lipinski definition) is 2. The zero-order valence-electron chi connectivity index (χ0n) is 14.0. The summed E-state index contributed by atoms with van der Waals surface area (Å²) in [6.45, 7) is 5.18. The van der Waals surface area contributed by atoms with Gasteiger partial charge in [0.15, 0.2) is 0 Å². The number of nitrogens with zero attached hydrogens (tertiary/aromatic N) is 1. The van der Waals surface area contributed by atoms with Crippen LogP contribution in [-0.4, -0.2) is 42.9 Å². The monoisotopic (exact) mass is 325 g/mol. The maximum Gasteiger partial charge on any atom is 0.408 e. The van der Waals surface area contributed by atoms with Crippen molar-refractivity contribution in [1.82, 2.24) is 10.3 Å². The van der Waals surface area contributed by atoms with Gasteiger partial charge in [-0.3, -0.25) is 4.79 Å². The number of amides is 1. The second-order valence-corrected chi connectivity index (χ2v) is 5.78. The highest BCUT2D eigenvalue weighted by Gasteiger charge is 2.31. The fourth-order valence-electron chi connectivity index (χ4n) is 1.77. The molecule has 1 unspecified atom stereocenters. The SMILES string of the molecule is COC(=O)[C@@H](N)C(NC(=O)OC(C)(C)C)c1cccc(OC)n1. The first-order chi connectivity index (χ1) is 10.7. The molecular formula is C15H23N3O5. The van der Waals surface area contributed by atoms with Crippen LogP contribution < -0.4 is 15.8 Å². The Morgan fingerprint density at radius 3 is 2.43 bits per heavy atom. The molecule has 0 saturated heterocycles. The molecule has 1 rings (SSSR count). The Bertz CT molecular complexity index is 556. The van der Waals surface area contributed by atoms with Crippen molar-refractivity contribution in [3.8, 4) is 5.88 Å². The molecule has 0 spiro atoms. The molecule has 1 heterocycles. The Morgan fingerprint density at radius 2 is 1.91 bits per heavy atom. The third kappa shape index (κ3) is 5.74. The smallest absolute Gasteiger partial charge is 0.408 e. The van der Waals surface area contributed by atoms with Crippen molar-refractivity contribution in [3.05, 3.63) is 23.9 Å². The van der Waals surface area contributed by atoms with Crippen molar-refractivity contribution >= 4 is 12.1 Å². The van der Waals surface area contributed by atoms with Crippen molar-refractivity contribution in [1.29, 1.82) is 0 Å². The van der Waals surface area contributed by atoms with E-state index in [0.717, 1.165) is 0 Å². The minimum absolute atomic E-state index is 0.329. The fraction of sp³-hybridized carbons (Fsp3) is 0.533. The Labute approximate surface area is 135 Å². The van der Waals surface area contributed by atoms with Gasteiger partial charge in [0.2, 0.25) is 5.88 Å². The van der Waals surface area contributed by atoms with Crippen molar-refractivity contribution < 1.29 is 23.8 Å². The minimum atomic E-state index is -1.15. The number of pyridine rings is 1. The molecule has 0 radical (unpaired) electrons. The Morgan fingerprint density at radius 1 is 1.26 bits per heavy atom. The molecule has 128 valence electrons. The molecule has 23 heavy (non-hydrogen) atoms. The van der Waals surface area contributed by atoms with Gasteiger partial charge in [0.05, 0.1) is 19.9 Å². The van der Waals surface area contributed by atoms with Gasteiger partial charge in [0.1, 0.15) is 17.7 Å². The summed E-state index contributed by atoms with van der Waals surface area (Å²) in [6.07, 6.45) is -0.716. The first-order valence-electron chi connectivity index (χ1n) is 7.02. The zero-order valence-corrected chi connectivity index (χ0v) is 14.0. The first-order valence-corrected chi connectivity index (χ1v) is 7.02. The van der Waals surface area contributed by atoms with Gasteiger partial charge in [-0.1, -0.05) is 6.07 Å². The molecule has 0 aromatic carbocycles. The molecule has 1 aromatic rings. The third-order valence-electron chi connectivity index (χ3n) is 2.78. The summed E-state index contributed by atoms with van der Waals surface area (Å²) in [5.41, 5.74) is 5.55. The van der Waals surface area contributed by atoms with Crippen molar-refractivity contribution in [2.24, 2.45) is 5.73 Å². The summed E-state index contributed by atoms with van der Waals surface area (Å²) in [5, 5.41) is 2.55. The molecule has 1 amide bonds. The standard InChI is InChI=1S/C15H23N3O5/c1-15(2,3)23-14(20)18-12(11(16)13(19)22-5)9-7-6-8-10(17-9)21-4/h6-8,11-12H,16H2,1-5H3,(H,18,20)/t11-,12?/m0/s1. The van der Waals surface area contributed by atoms with Crippen LogP contribution in [0.5, 0.6) is 5.88 Å². The number of rotatable bonds is 5. The largest absolute Gasteiger partial charge is 0.481 e. The van der Waals surface area contributed by atoms with Gasteiger partial charge in [-0.25, -0.2) is 9.78 Å². The molecule has 0 aliphatic carbocycles. The van der Waals surface area contributed by atoms with Crippen LogP contribution in [0.15, 0.2) is 18.2 Å². The highest BCUT2D eigenvalue weighted by molar-refractivity contribution is 5.78. The van der Waals surface area contributed by atoms with Crippen LogP contribution in [0.1, 0.15) is 32.5 Å². The summed E-state index contributed by atoms with van der Waals surface area (Å²) in [7, 11) is 2.67. The molecule has 3 N–H and O–H groups in total. The van der Waals surface area contributed by atoms with E-state index in [1.54, 1.807) is 39.0 Å². The number of nitrogens with two attached hydrogens (primary N) is 1. The van der Waals surface area contributed by atoms with Crippen LogP contribution in [0, 0.1) is 0 Å². The van der Waals surface area contributed by atoms with E-state index < -0.39 is 29.7 Å². The summed E-state index contributed by atoms with van der Waals surface area (Å²) in [4.78, 5) is 28.0. The van der Waals surface area contributed by atoms with E-state index in [9.17, 15) is 9.59 Å². The third-order valence-corrected chi connectivity index (χ3v) is 2.78. The highest BCUT2D eigenvalue weighted by Crippen LogP contribution is 2.19. The Kier molecular flexibility index (Phi) is 6.32. The van der Waals surface area contributed by atoms with Gasteiger partial charge in [-0.15, -0.1) is 0 Å². The lowest BCUT2D eigenvalue weighted by atomic mass is 10.1. The molecule has 8 heteroatoms. The van der Waals surface area contributed by atoms with Gasteiger partial charge in [0, 0.05) is 6.07 Å². The lowest BCUT2D eigenvalue weighted by Crippen LogP contribution is -2.47. The number of nitrogens with one attached hydrogen (secondary N) is 1. The average molecular weight is 325 g/mol. The molecule has 0 aliphatic rings. The van der Waals surface area contributed by atoms with E-state index >= 15 is 0 Å². The number of alkyl carbamates (subject to hydrolysis) is 1. The van der Waals surface area contributed by atoms with Gasteiger partial charge in [-0.05, 0) is 26.8 Å². The number of ether oxygens (including phenoxy) is 3. The summed E-state index contributed by atoms with van der Waals surface area (Å²) in [6, 6.07) is 2.86. The second kappa shape index (κ2) is 7.77. The van der Waals surface area contributed by atoms with Gasteiger partial charge >= 0.3 is 12.1 Å². The number of methoxy groups -OCH3 is 2. The summed E-state index contributed by atoms with van der Waals surface area (Å²) < 4.78 is 14.9. The normalized spacial score (nSPS) is 13.7. The van der Waals surface area contributed by atoms with Crippen LogP contribution in [0.4, 0.5) is 4.79 Å². The van der Waals surface area contributed by atoms with E-state index in [1.807, 2.05) is 0 Å². The number of carbonyl (C=O) groups excluding carboxylic acids is 2. The second-order valence-electron chi connectivity index (χ2n) is 5.78. The summed E-state index contributed by atoms with van der Waals surface area (Å²) in [5.74, 6) is -0.355. The van der Waals surface area contributed by atoms with Crippen LogP contribution in [0.3, 0.4) is 0 Å². The van der Waals surface area contributed by atoms with Crippen LogP contribution >= 0.6 is 0 Å². The molecule has 2 atom stereocenters. The molecule has 0 bridgehead atoms. The van der Waals surface area contributed by atoms with E-state index in [-0.39, 0.29) is 0 Å². The lowest BCUT2D eigenvalue weighted by Gasteiger charge is -2.26. The molecule has 0 saturated carbocycles. The maximum atomic E-state index is 12.0. The van der Waals surface area contributed by atoms with E-state index in [0.29, 0.717) is 11.6 Å². The molecule has 1 aromatic heterocycles. The number of aromatic nitrogens is 1. The van der Waals surface area contributed by atoms with Gasteiger partial charge in [0.25, 0.3) is 0 Å². The lowest BCUT2D eigenvalue weighted by molar-refractivity contribution is -0.142. The number of carbonyl (C=O) groups is 2. The first kappa shape index (κ1) is 18.7. The predicted octanol–water partition coefficient (Wildman–Crippen LogP) is 1.16. The predicted molar refractivity (Wildman–Crippen MR) is 82.9 cm³/mol. The molecule has 0 aliphatic heterocycles. The van der Waals surface area contributed by atoms with Crippen molar-refractivity contribution in [2.75, 3.05) is 14.2 Å². The van der Waals surface area contributed by atoms with E-state index in [4.69, 9.17) is 15.2 Å². The topological polar surface area (TPSA) is 113 Å². The van der Waals surface area contributed by atoms with Crippen molar-refractivity contribution in [3.63, 3.8) is 0 Å². The Balaban J connectivity index is 3.06. The van der Waals surface area contributed by atoms with Gasteiger partial charge < -0.3 is 25.3 Å². The molecule has 8 nitrogen and oxygen atoms in total. The quantitative estimate of drug-likeness (QED) is 0.781. The van der Waals surface area contributed by atoms with Crippen LogP contribution in [0.2, 0.25) is 0 Å². The number of esters is 1. The number of hydrogen-bond acceptors (Lipinski definition) is 7. The molecule has 0 fully saturated rings. The van der Waals surface area contributed by atoms with E-state index in [2.05, 4.69) is 15.0 Å². The molecular weight excluding hydrogens is 302 g/mol. The summed E-state index contributed by atoms with van der Waals surface area (Å²) >= 11 is 0. The van der Waals surface area contributed by atoms with Crippen LogP contribution in [-0.2, 0) is 14.3 Å².